The number of rotatable bonds is 5. The van der Waals surface area contributed by atoms with Gasteiger partial charge in [-0.1, -0.05) is 31.2 Å². The van der Waals surface area contributed by atoms with Crippen molar-refractivity contribution in [1.29, 1.82) is 0 Å². The second kappa shape index (κ2) is 7.76. The van der Waals surface area contributed by atoms with Gasteiger partial charge in [0.25, 0.3) is 5.91 Å². The van der Waals surface area contributed by atoms with E-state index >= 15 is 0 Å². The molecule has 2 heterocycles. The highest BCUT2D eigenvalue weighted by atomic mass is 16.5. The van der Waals surface area contributed by atoms with Crippen molar-refractivity contribution in [2.24, 2.45) is 10.7 Å². The molecule has 2 aromatic carbocycles. The van der Waals surface area contributed by atoms with Crippen LogP contribution < -0.4 is 10.5 Å². The van der Waals surface area contributed by atoms with Crippen LogP contribution in [-0.4, -0.2) is 43.1 Å². The number of nitrogens with zero attached hydrogens (tertiary/aromatic N) is 2. The predicted octanol–water partition coefficient (Wildman–Crippen LogP) is 3.53. The Morgan fingerprint density at radius 2 is 2.10 bits per heavy atom. The van der Waals surface area contributed by atoms with Gasteiger partial charge >= 0.3 is 0 Å². The van der Waals surface area contributed by atoms with Crippen LogP contribution in [0.5, 0.6) is 5.75 Å². The van der Waals surface area contributed by atoms with Crippen LogP contribution in [0.25, 0.3) is 11.1 Å². The molecule has 30 heavy (non-hydrogen) atoms. The fourth-order valence-corrected chi connectivity index (χ4v) is 4.31. The van der Waals surface area contributed by atoms with Crippen LogP contribution in [0.4, 0.5) is 0 Å². The van der Waals surface area contributed by atoms with Crippen LogP contribution >= 0.6 is 0 Å². The highest BCUT2D eigenvalue weighted by Gasteiger charge is 2.53. The molecule has 2 aliphatic rings. The molecule has 2 aliphatic heterocycles. The third-order valence-corrected chi connectivity index (χ3v) is 6.12. The van der Waals surface area contributed by atoms with E-state index in [0.717, 1.165) is 23.1 Å². The molecule has 4 rings (SSSR count). The van der Waals surface area contributed by atoms with Crippen molar-refractivity contribution in [2.45, 2.75) is 45.3 Å². The standard InChI is InChI=1S/C24H29N3O3/c1-5-11-29-14-18-13-24(22(28)27(4)23(25)26-24)20-12-17(9-10-21(20)30-18)19-8-6-7-15(2)16(19)3/h6-10,12,18H,5,11,13-14H2,1-4H3,(H2,25,26)/t18-,24+/m1/s1. The molecule has 6 heteroatoms. The van der Waals surface area contributed by atoms with Gasteiger partial charge in [0, 0.05) is 25.6 Å². The molecule has 0 bridgehead atoms. The molecule has 0 saturated heterocycles. The van der Waals surface area contributed by atoms with Crippen molar-refractivity contribution in [3.63, 3.8) is 0 Å². The molecule has 0 radical (unpaired) electrons. The summed E-state index contributed by atoms with van der Waals surface area (Å²) in [6.07, 6.45) is 1.08. The maximum atomic E-state index is 13.3. The van der Waals surface area contributed by atoms with Crippen molar-refractivity contribution in [1.82, 2.24) is 4.90 Å². The molecule has 2 atom stereocenters. The number of hydrogen-bond acceptors (Lipinski definition) is 5. The third kappa shape index (κ3) is 3.25. The molecule has 2 N–H and O–H groups in total. The summed E-state index contributed by atoms with van der Waals surface area (Å²) < 4.78 is 11.9. The Labute approximate surface area is 177 Å². The summed E-state index contributed by atoms with van der Waals surface area (Å²) in [5.74, 6) is 0.780. The van der Waals surface area contributed by atoms with Gasteiger partial charge < -0.3 is 15.2 Å². The van der Waals surface area contributed by atoms with E-state index in [1.807, 2.05) is 18.2 Å². The van der Waals surface area contributed by atoms with Crippen LogP contribution in [-0.2, 0) is 15.1 Å². The van der Waals surface area contributed by atoms with Gasteiger partial charge in [-0.2, -0.15) is 0 Å². The van der Waals surface area contributed by atoms with Crippen molar-refractivity contribution < 1.29 is 14.3 Å². The lowest BCUT2D eigenvalue weighted by Gasteiger charge is -2.36. The Morgan fingerprint density at radius 3 is 2.80 bits per heavy atom. The molecule has 0 unspecified atom stereocenters. The summed E-state index contributed by atoms with van der Waals surface area (Å²) in [5, 5.41) is 0. The van der Waals surface area contributed by atoms with E-state index in [-0.39, 0.29) is 18.0 Å². The van der Waals surface area contributed by atoms with Gasteiger partial charge in [0.1, 0.15) is 11.9 Å². The molecule has 1 amide bonds. The van der Waals surface area contributed by atoms with Crippen molar-refractivity contribution in [3.05, 3.63) is 53.1 Å². The molecule has 0 aromatic heterocycles. The van der Waals surface area contributed by atoms with E-state index in [1.165, 1.54) is 16.0 Å². The Bertz CT molecular complexity index is 1020. The lowest BCUT2D eigenvalue weighted by Crippen LogP contribution is -2.46. The van der Waals surface area contributed by atoms with Gasteiger partial charge in [-0.25, -0.2) is 4.99 Å². The average Bonchev–Trinajstić information content (AvgIpc) is 2.94. The minimum atomic E-state index is -1.07. The predicted molar refractivity (Wildman–Crippen MR) is 118 cm³/mol. The Hall–Kier alpha value is -2.86. The van der Waals surface area contributed by atoms with Gasteiger partial charge in [-0.05, 0) is 54.7 Å². The van der Waals surface area contributed by atoms with Crippen molar-refractivity contribution >= 4 is 11.9 Å². The van der Waals surface area contributed by atoms with Crippen LogP contribution in [0.15, 0.2) is 41.4 Å². The highest BCUT2D eigenvalue weighted by molar-refractivity contribution is 6.07. The summed E-state index contributed by atoms with van der Waals surface area (Å²) in [6, 6.07) is 12.3. The Balaban J connectivity index is 1.81. The van der Waals surface area contributed by atoms with E-state index in [4.69, 9.17) is 15.2 Å². The number of amides is 1. The van der Waals surface area contributed by atoms with Crippen molar-refractivity contribution in [2.75, 3.05) is 20.3 Å². The van der Waals surface area contributed by atoms with E-state index in [1.54, 1.807) is 7.05 Å². The quantitative estimate of drug-likeness (QED) is 0.769. The number of guanidine groups is 1. The van der Waals surface area contributed by atoms with E-state index in [9.17, 15) is 4.79 Å². The highest BCUT2D eigenvalue weighted by Crippen LogP contribution is 2.47. The normalized spacial score (nSPS) is 22.8. The van der Waals surface area contributed by atoms with Crippen LogP contribution in [0.1, 0.15) is 36.5 Å². The number of likely N-dealkylation sites (N-methyl/N-ethyl adjacent to an activating group) is 1. The minimum absolute atomic E-state index is 0.122. The first-order chi connectivity index (χ1) is 14.4. The van der Waals surface area contributed by atoms with Crippen molar-refractivity contribution in [3.8, 4) is 16.9 Å². The monoisotopic (exact) mass is 407 g/mol. The van der Waals surface area contributed by atoms with Gasteiger partial charge in [0.05, 0.1) is 6.61 Å². The first-order valence-electron chi connectivity index (χ1n) is 10.5. The number of fused-ring (bicyclic) bond motifs is 2. The largest absolute Gasteiger partial charge is 0.488 e. The van der Waals surface area contributed by atoms with Gasteiger partial charge in [0.2, 0.25) is 0 Å². The number of carbonyl (C=O) groups excluding carboxylic acids is 1. The number of aliphatic imine (C=N–C) groups is 1. The Kier molecular flexibility index (Phi) is 5.28. The third-order valence-electron chi connectivity index (χ3n) is 6.12. The minimum Gasteiger partial charge on any atom is -0.488 e. The van der Waals surface area contributed by atoms with Crippen LogP contribution in [0.3, 0.4) is 0 Å². The number of benzene rings is 2. The van der Waals surface area contributed by atoms with Gasteiger partial charge in [0.15, 0.2) is 11.5 Å². The molecule has 1 spiro atoms. The molecule has 6 nitrogen and oxygen atoms in total. The number of ether oxygens (including phenoxy) is 2. The summed E-state index contributed by atoms with van der Waals surface area (Å²) in [6.45, 7) is 7.35. The topological polar surface area (TPSA) is 77.2 Å². The van der Waals surface area contributed by atoms with Crippen LogP contribution in [0, 0.1) is 13.8 Å². The average molecular weight is 408 g/mol. The fourth-order valence-electron chi connectivity index (χ4n) is 4.31. The summed E-state index contributed by atoms with van der Waals surface area (Å²) in [4.78, 5) is 19.4. The zero-order valence-corrected chi connectivity index (χ0v) is 18.1. The first kappa shape index (κ1) is 20.4. The second-order valence-corrected chi connectivity index (χ2v) is 8.17. The fraction of sp³-hybridized carbons (Fsp3) is 0.417. The first-order valence-corrected chi connectivity index (χ1v) is 10.5. The van der Waals surface area contributed by atoms with Gasteiger partial charge in [-0.3, -0.25) is 9.69 Å². The number of hydrogen-bond donors (Lipinski definition) is 1. The molecular formula is C24H29N3O3. The number of nitrogens with two attached hydrogens (primary N) is 1. The molecule has 0 fully saturated rings. The molecular weight excluding hydrogens is 378 g/mol. The SMILES string of the molecule is CCCOC[C@H]1C[C@]2(N=C(N)N(C)C2=O)c2cc(-c3cccc(C)c3C)ccc2O1. The Morgan fingerprint density at radius 1 is 1.30 bits per heavy atom. The van der Waals surface area contributed by atoms with Gasteiger partial charge in [-0.15, -0.1) is 0 Å². The smallest absolute Gasteiger partial charge is 0.261 e. The maximum Gasteiger partial charge on any atom is 0.261 e. The second-order valence-electron chi connectivity index (χ2n) is 8.17. The molecule has 2 aromatic rings. The summed E-state index contributed by atoms with van der Waals surface area (Å²) >= 11 is 0. The zero-order valence-electron chi connectivity index (χ0n) is 18.1. The molecule has 0 aliphatic carbocycles. The molecule has 158 valence electrons. The zero-order chi connectivity index (χ0) is 21.5. The maximum absolute atomic E-state index is 13.3. The molecule has 0 saturated carbocycles. The van der Waals surface area contributed by atoms with E-state index < -0.39 is 5.54 Å². The number of carbonyl (C=O) groups is 1. The van der Waals surface area contributed by atoms with Crippen LogP contribution in [0.2, 0.25) is 0 Å². The summed E-state index contributed by atoms with van der Waals surface area (Å²) in [5.41, 5.74) is 10.4. The van der Waals surface area contributed by atoms with E-state index in [0.29, 0.717) is 25.4 Å². The lowest BCUT2D eigenvalue weighted by molar-refractivity contribution is -0.132. The number of aryl methyl sites for hydroxylation is 1. The van der Waals surface area contributed by atoms with E-state index in [2.05, 4.69) is 44.0 Å². The lowest BCUT2D eigenvalue weighted by atomic mass is 9.80. The summed E-state index contributed by atoms with van der Waals surface area (Å²) in [7, 11) is 1.67.